The van der Waals surface area contributed by atoms with Gasteiger partial charge in [0.1, 0.15) is 11.6 Å². The van der Waals surface area contributed by atoms with Gasteiger partial charge in [0.05, 0.1) is 16.9 Å². The van der Waals surface area contributed by atoms with Crippen LogP contribution in [0, 0.1) is 6.92 Å². The summed E-state index contributed by atoms with van der Waals surface area (Å²) in [5.41, 5.74) is 3.07. The number of hydrogen-bond donors (Lipinski definition) is 4. The number of halogens is 1. The number of aromatic amines is 2. The van der Waals surface area contributed by atoms with Gasteiger partial charge in [-0.15, -0.1) is 0 Å². The number of rotatable bonds is 5. The van der Waals surface area contributed by atoms with Crippen molar-refractivity contribution in [2.24, 2.45) is 0 Å². The normalized spacial score (nSPS) is 14.4. The molecule has 3 aromatic heterocycles. The highest BCUT2D eigenvalue weighted by Crippen LogP contribution is 2.29. The number of anilines is 3. The average Bonchev–Trinajstić information content (AvgIpc) is 3.34. The lowest BCUT2D eigenvalue weighted by Crippen LogP contribution is -2.22. The van der Waals surface area contributed by atoms with Crippen LogP contribution in [0.2, 0.25) is 5.02 Å². The van der Waals surface area contributed by atoms with Crippen molar-refractivity contribution >= 4 is 47.2 Å². The second kappa shape index (κ2) is 7.07. The third kappa shape index (κ3) is 3.57. The van der Waals surface area contributed by atoms with Gasteiger partial charge in [-0.2, -0.15) is 9.61 Å². The first-order valence-electron chi connectivity index (χ1n) is 9.64. The zero-order valence-corrected chi connectivity index (χ0v) is 17.0. The molecule has 0 bridgehead atoms. The summed E-state index contributed by atoms with van der Waals surface area (Å²) in [7, 11) is 0. The minimum Gasteiger partial charge on any atom is -0.367 e. The maximum atomic E-state index is 11.6. The van der Waals surface area contributed by atoms with Gasteiger partial charge >= 0.3 is 5.69 Å². The minimum absolute atomic E-state index is 0.300. The zero-order chi connectivity index (χ0) is 20.8. The number of aryl methyl sites for hydroxylation is 1. The van der Waals surface area contributed by atoms with Crippen LogP contribution in [-0.4, -0.2) is 30.6 Å². The van der Waals surface area contributed by atoms with Gasteiger partial charge in [0.25, 0.3) is 0 Å². The van der Waals surface area contributed by atoms with Crippen molar-refractivity contribution in [1.29, 1.82) is 0 Å². The van der Waals surface area contributed by atoms with Crippen LogP contribution in [0.1, 0.15) is 24.0 Å². The summed E-state index contributed by atoms with van der Waals surface area (Å²) in [6.45, 7) is 5.87. The van der Waals surface area contributed by atoms with E-state index >= 15 is 0 Å². The van der Waals surface area contributed by atoms with Gasteiger partial charge in [-0.05, 0) is 43.5 Å². The van der Waals surface area contributed by atoms with E-state index in [1.54, 1.807) is 10.7 Å². The summed E-state index contributed by atoms with van der Waals surface area (Å²) in [6.07, 6.45) is 5.80. The van der Waals surface area contributed by atoms with Crippen molar-refractivity contribution in [1.82, 2.24) is 24.6 Å². The van der Waals surface area contributed by atoms with Crippen molar-refractivity contribution in [3.05, 3.63) is 67.8 Å². The third-order valence-electron chi connectivity index (χ3n) is 5.03. The maximum absolute atomic E-state index is 11.6. The molecule has 1 fully saturated rings. The summed E-state index contributed by atoms with van der Waals surface area (Å²) >= 11 is 6.17. The molecule has 152 valence electrons. The van der Waals surface area contributed by atoms with Crippen LogP contribution in [0.25, 0.3) is 18.3 Å². The zero-order valence-electron chi connectivity index (χ0n) is 16.3. The number of imidazole rings is 1. The number of aromatic nitrogens is 5. The summed E-state index contributed by atoms with van der Waals surface area (Å²) in [6, 6.07) is 8.08. The molecule has 9 heteroatoms. The minimum atomic E-state index is -0.300. The van der Waals surface area contributed by atoms with Crippen LogP contribution in [-0.2, 0) is 0 Å². The Morgan fingerprint density at radius 2 is 2.13 bits per heavy atom. The monoisotopic (exact) mass is 421 g/mol. The first-order valence-corrected chi connectivity index (χ1v) is 10.0. The Morgan fingerprint density at radius 1 is 1.30 bits per heavy atom. The number of fused-ring (bicyclic) bond motifs is 1. The second-order valence-electron chi connectivity index (χ2n) is 7.48. The predicted molar refractivity (Wildman–Crippen MR) is 119 cm³/mol. The van der Waals surface area contributed by atoms with Crippen LogP contribution < -0.4 is 27.0 Å². The Morgan fingerprint density at radius 3 is 2.87 bits per heavy atom. The Labute approximate surface area is 176 Å². The van der Waals surface area contributed by atoms with Crippen molar-refractivity contribution in [2.75, 3.05) is 10.6 Å². The van der Waals surface area contributed by atoms with E-state index < -0.39 is 0 Å². The highest BCUT2D eigenvalue weighted by Gasteiger charge is 2.23. The lowest BCUT2D eigenvalue weighted by atomic mass is 10.2. The molecule has 0 amide bonds. The first kappa shape index (κ1) is 18.5. The molecule has 5 rings (SSSR count). The van der Waals surface area contributed by atoms with E-state index in [0.29, 0.717) is 33.2 Å². The average molecular weight is 422 g/mol. The Hall–Kier alpha value is -3.52. The molecular weight excluding hydrogens is 402 g/mol. The van der Waals surface area contributed by atoms with Gasteiger partial charge in [-0.3, -0.25) is 0 Å². The molecule has 0 aliphatic heterocycles. The highest BCUT2D eigenvalue weighted by molar-refractivity contribution is 6.30. The summed E-state index contributed by atoms with van der Waals surface area (Å²) in [4.78, 5) is 21.7. The van der Waals surface area contributed by atoms with Gasteiger partial charge in [-0.1, -0.05) is 24.2 Å². The largest absolute Gasteiger partial charge is 0.367 e. The molecule has 30 heavy (non-hydrogen) atoms. The second-order valence-corrected chi connectivity index (χ2v) is 7.92. The molecule has 1 aliphatic rings. The molecule has 4 aromatic rings. The molecule has 0 saturated heterocycles. The van der Waals surface area contributed by atoms with E-state index in [1.807, 2.05) is 37.3 Å². The van der Waals surface area contributed by atoms with Gasteiger partial charge in [0, 0.05) is 28.4 Å². The van der Waals surface area contributed by atoms with Gasteiger partial charge < -0.3 is 20.6 Å². The van der Waals surface area contributed by atoms with E-state index in [4.69, 9.17) is 16.6 Å². The molecule has 0 radical (unpaired) electrons. The van der Waals surface area contributed by atoms with Crippen LogP contribution in [0.15, 0.2) is 35.3 Å². The molecule has 1 aromatic carbocycles. The fraction of sp³-hybridized carbons (Fsp3) is 0.190. The van der Waals surface area contributed by atoms with E-state index in [1.165, 1.54) is 0 Å². The van der Waals surface area contributed by atoms with Crippen molar-refractivity contribution in [3.8, 4) is 0 Å². The number of nitrogens with one attached hydrogen (secondary N) is 4. The summed E-state index contributed by atoms with van der Waals surface area (Å²) < 4.78 is 1.77. The smallest absolute Gasteiger partial charge is 0.323 e. The Balaban J connectivity index is 1.65. The quantitative estimate of drug-likeness (QED) is 0.396. The number of hydrogen-bond acceptors (Lipinski definition) is 5. The number of nitrogens with zero attached hydrogens (tertiary/aromatic N) is 3. The topological polar surface area (TPSA) is 103 Å². The summed E-state index contributed by atoms with van der Waals surface area (Å²) in [5, 5.41) is 13.1. The first-order chi connectivity index (χ1) is 14.5. The fourth-order valence-corrected chi connectivity index (χ4v) is 3.44. The fourth-order valence-electron chi connectivity index (χ4n) is 3.26. The van der Waals surface area contributed by atoms with E-state index in [9.17, 15) is 4.79 Å². The van der Waals surface area contributed by atoms with E-state index in [2.05, 4.69) is 32.3 Å². The van der Waals surface area contributed by atoms with Crippen molar-refractivity contribution < 1.29 is 0 Å². The molecule has 0 spiro atoms. The Kier molecular flexibility index (Phi) is 4.36. The molecule has 4 N–H and O–H groups in total. The van der Waals surface area contributed by atoms with Crippen molar-refractivity contribution in [3.63, 3.8) is 0 Å². The molecule has 1 aliphatic carbocycles. The molecule has 3 heterocycles. The van der Waals surface area contributed by atoms with Crippen LogP contribution in [0.4, 0.5) is 17.3 Å². The standard InChI is InChI=1S/C21H20ClN7O/c1-11-3-4-14(22)8-16(11)26-18-9-19(25-15-5-6-15)29-20(28-18)13(10-23-29)7-17-12(2)24-21(30)27-17/h3-4,7-10,15,25H,2,5-6H2,1H3,(H,26,28)(H2,24,27,30)/b17-7-. The molecule has 8 nitrogen and oxygen atoms in total. The SMILES string of the molecule is C=c1[nH]c(=O)[nH]/c1=C\c1cnn2c(NC3CC3)cc(Nc3cc(Cl)ccc3C)nc12. The van der Waals surface area contributed by atoms with Gasteiger partial charge in [0.15, 0.2) is 5.65 Å². The van der Waals surface area contributed by atoms with Gasteiger partial charge in [0.2, 0.25) is 0 Å². The van der Waals surface area contributed by atoms with Crippen LogP contribution in [0.5, 0.6) is 0 Å². The van der Waals surface area contributed by atoms with Gasteiger partial charge in [-0.25, -0.2) is 9.78 Å². The van der Waals surface area contributed by atoms with Crippen molar-refractivity contribution in [2.45, 2.75) is 25.8 Å². The summed E-state index contributed by atoms with van der Waals surface area (Å²) in [5.74, 6) is 1.52. The third-order valence-corrected chi connectivity index (χ3v) is 5.26. The lowest BCUT2D eigenvalue weighted by molar-refractivity contribution is 0.926. The molecule has 0 atom stereocenters. The molecular formula is C21H20ClN7O. The number of benzene rings is 1. The van der Waals surface area contributed by atoms with E-state index in [-0.39, 0.29) is 5.69 Å². The lowest BCUT2D eigenvalue weighted by Gasteiger charge is -2.13. The van der Waals surface area contributed by atoms with Crippen LogP contribution >= 0.6 is 11.6 Å². The molecule has 1 saturated carbocycles. The maximum Gasteiger partial charge on any atom is 0.323 e. The van der Waals surface area contributed by atoms with Crippen LogP contribution in [0.3, 0.4) is 0 Å². The predicted octanol–water partition coefficient (Wildman–Crippen LogP) is 2.26. The highest BCUT2D eigenvalue weighted by atomic mass is 35.5. The van der Waals surface area contributed by atoms with E-state index in [0.717, 1.165) is 35.5 Å². The molecule has 0 unspecified atom stereocenters. The number of H-pyrrole nitrogens is 2. The Bertz CT molecular complexity index is 1430.